The number of rotatable bonds is 8. The first-order chi connectivity index (χ1) is 14.2. The van der Waals surface area contributed by atoms with Crippen LogP contribution in [0.15, 0.2) is 54.9 Å². The van der Waals surface area contributed by atoms with Crippen LogP contribution in [0.5, 0.6) is 0 Å². The van der Waals surface area contributed by atoms with Crippen molar-refractivity contribution < 1.29 is 14.5 Å². The highest BCUT2D eigenvalue weighted by Gasteiger charge is 2.30. The fraction of sp³-hybridized carbons (Fsp3) is 0.409. The molecular formula is C22H29N4O2S+. The van der Waals surface area contributed by atoms with Gasteiger partial charge in [-0.1, -0.05) is 18.2 Å². The van der Waals surface area contributed by atoms with Crippen molar-refractivity contribution in [3.8, 4) is 0 Å². The van der Waals surface area contributed by atoms with E-state index in [1.54, 1.807) is 23.9 Å². The van der Waals surface area contributed by atoms with Crippen LogP contribution < -0.4 is 10.2 Å². The third-order valence-corrected chi connectivity index (χ3v) is 5.88. The number of carbonyl (C=O) groups excluding carboxylic acids is 2. The summed E-state index contributed by atoms with van der Waals surface area (Å²) < 4.78 is 0. The summed E-state index contributed by atoms with van der Waals surface area (Å²) in [5.41, 5.74) is 1.85. The second-order valence-electron chi connectivity index (χ2n) is 7.28. The fourth-order valence-corrected chi connectivity index (χ4v) is 4.03. The third kappa shape index (κ3) is 6.30. The van der Waals surface area contributed by atoms with Crippen LogP contribution in [0.4, 0.5) is 0 Å². The van der Waals surface area contributed by atoms with Gasteiger partial charge in [0.2, 0.25) is 5.91 Å². The number of hydrogen-bond donors (Lipinski definition) is 2. The van der Waals surface area contributed by atoms with Crippen LogP contribution in [0.25, 0.3) is 0 Å². The molecule has 154 valence electrons. The summed E-state index contributed by atoms with van der Waals surface area (Å²) in [5, 5.41) is 2.96. The molecular weight excluding hydrogens is 384 g/mol. The van der Waals surface area contributed by atoms with Crippen molar-refractivity contribution in [2.24, 2.45) is 0 Å². The number of thioether (sulfide) groups is 1. The SMILES string of the molecule is CSCC[C@H](NC(=O)c1ccccc1)C(=O)N1CC[NH+](Cc2ccncc2)CC1. The monoisotopic (exact) mass is 413 g/mol. The summed E-state index contributed by atoms with van der Waals surface area (Å²) in [6.45, 7) is 4.21. The first kappa shape index (κ1) is 21.3. The van der Waals surface area contributed by atoms with Gasteiger partial charge in [-0.3, -0.25) is 14.6 Å². The van der Waals surface area contributed by atoms with Crippen molar-refractivity contribution in [2.45, 2.75) is 19.0 Å². The molecule has 2 amide bonds. The van der Waals surface area contributed by atoms with Crippen molar-refractivity contribution in [1.82, 2.24) is 15.2 Å². The van der Waals surface area contributed by atoms with Gasteiger partial charge in [-0.25, -0.2) is 0 Å². The van der Waals surface area contributed by atoms with Crippen LogP contribution in [-0.2, 0) is 11.3 Å². The number of amides is 2. The molecule has 0 spiro atoms. The minimum atomic E-state index is -0.475. The number of hydrogen-bond acceptors (Lipinski definition) is 4. The van der Waals surface area contributed by atoms with Crippen LogP contribution >= 0.6 is 11.8 Å². The average Bonchev–Trinajstić information content (AvgIpc) is 2.78. The molecule has 1 aliphatic rings. The molecule has 2 heterocycles. The van der Waals surface area contributed by atoms with Crippen LogP contribution in [-0.4, -0.2) is 65.9 Å². The Labute approximate surface area is 176 Å². The Balaban J connectivity index is 1.56. The number of piperazine rings is 1. The van der Waals surface area contributed by atoms with E-state index in [1.807, 2.05) is 53.9 Å². The maximum atomic E-state index is 13.1. The largest absolute Gasteiger partial charge is 0.340 e. The molecule has 1 atom stereocenters. The molecule has 2 aromatic rings. The summed E-state index contributed by atoms with van der Waals surface area (Å²) in [6, 6.07) is 12.7. The van der Waals surface area contributed by atoms with Crippen molar-refractivity contribution in [3.05, 3.63) is 66.0 Å². The third-order valence-electron chi connectivity index (χ3n) is 5.24. The molecule has 0 saturated carbocycles. The van der Waals surface area contributed by atoms with E-state index < -0.39 is 6.04 Å². The van der Waals surface area contributed by atoms with Gasteiger partial charge >= 0.3 is 0 Å². The van der Waals surface area contributed by atoms with Gasteiger partial charge in [0.15, 0.2) is 0 Å². The van der Waals surface area contributed by atoms with E-state index in [0.29, 0.717) is 12.0 Å². The number of aromatic nitrogens is 1. The molecule has 0 aliphatic carbocycles. The van der Waals surface area contributed by atoms with Gasteiger partial charge in [0.05, 0.1) is 26.2 Å². The van der Waals surface area contributed by atoms with Gasteiger partial charge in [-0.05, 0) is 42.7 Å². The van der Waals surface area contributed by atoms with E-state index in [-0.39, 0.29) is 11.8 Å². The zero-order valence-corrected chi connectivity index (χ0v) is 17.7. The second kappa shape index (κ2) is 11.0. The lowest BCUT2D eigenvalue weighted by atomic mass is 10.1. The summed E-state index contributed by atoms with van der Waals surface area (Å²) in [5.74, 6) is 0.678. The van der Waals surface area contributed by atoms with Crippen LogP contribution in [0.2, 0.25) is 0 Å². The van der Waals surface area contributed by atoms with Crippen LogP contribution in [0, 0.1) is 0 Å². The van der Waals surface area contributed by atoms with E-state index in [2.05, 4.69) is 10.3 Å². The van der Waals surface area contributed by atoms with Crippen molar-refractivity contribution in [1.29, 1.82) is 0 Å². The Morgan fingerprint density at radius 1 is 1.14 bits per heavy atom. The van der Waals surface area contributed by atoms with Gasteiger partial charge in [-0.2, -0.15) is 11.8 Å². The minimum Gasteiger partial charge on any atom is -0.340 e. The zero-order valence-electron chi connectivity index (χ0n) is 16.8. The first-order valence-corrected chi connectivity index (χ1v) is 11.4. The summed E-state index contributed by atoms with van der Waals surface area (Å²) >= 11 is 1.69. The molecule has 3 rings (SSSR count). The molecule has 2 N–H and O–H groups in total. The number of pyridine rings is 1. The van der Waals surface area contributed by atoms with E-state index in [4.69, 9.17) is 0 Å². The smallest absolute Gasteiger partial charge is 0.251 e. The molecule has 1 aromatic carbocycles. The second-order valence-corrected chi connectivity index (χ2v) is 8.27. The molecule has 1 fully saturated rings. The predicted molar refractivity (Wildman–Crippen MR) is 116 cm³/mol. The maximum absolute atomic E-state index is 13.1. The van der Waals surface area contributed by atoms with Gasteiger partial charge in [0.1, 0.15) is 12.6 Å². The van der Waals surface area contributed by atoms with E-state index >= 15 is 0 Å². The van der Waals surface area contributed by atoms with Crippen LogP contribution in [0.1, 0.15) is 22.3 Å². The highest BCUT2D eigenvalue weighted by molar-refractivity contribution is 7.98. The Kier molecular flexibility index (Phi) is 8.07. The highest BCUT2D eigenvalue weighted by Crippen LogP contribution is 2.08. The van der Waals surface area contributed by atoms with E-state index in [0.717, 1.165) is 38.5 Å². The van der Waals surface area contributed by atoms with E-state index in [1.165, 1.54) is 10.5 Å². The molecule has 1 aromatic heterocycles. The zero-order chi connectivity index (χ0) is 20.5. The molecule has 29 heavy (non-hydrogen) atoms. The lowest BCUT2D eigenvalue weighted by Gasteiger charge is -2.34. The van der Waals surface area contributed by atoms with Crippen molar-refractivity contribution in [2.75, 3.05) is 38.2 Å². The predicted octanol–water partition coefficient (Wildman–Crippen LogP) is 0.860. The number of benzene rings is 1. The molecule has 1 saturated heterocycles. The lowest BCUT2D eigenvalue weighted by molar-refractivity contribution is -0.917. The molecule has 0 unspecified atom stereocenters. The van der Waals surface area contributed by atoms with Crippen LogP contribution in [0.3, 0.4) is 0 Å². The standard InChI is InChI=1S/C22H28N4O2S/c1-29-16-9-20(24-21(27)19-5-3-2-4-6-19)22(28)26-14-12-25(13-15-26)17-18-7-10-23-11-8-18/h2-8,10-11,20H,9,12-17H2,1H3,(H,24,27)/p+1/t20-/m0/s1. The summed E-state index contributed by atoms with van der Waals surface area (Å²) in [6.07, 6.45) is 6.30. The first-order valence-electron chi connectivity index (χ1n) is 10.0. The lowest BCUT2D eigenvalue weighted by Crippen LogP contribution is -3.13. The molecule has 7 heteroatoms. The van der Waals surface area contributed by atoms with E-state index in [9.17, 15) is 9.59 Å². The molecule has 0 radical (unpaired) electrons. The number of quaternary nitrogens is 1. The topological polar surface area (TPSA) is 66.7 Å². The summed E-state index contributed by atoms with van der Waals surface area (Å²) in [4.78, 5) is 33.1. The molecule has 1 aliphatic heterocycles. The van der Waals surface area contributed by atoms with Gasteiger partial charge in [0, 0.05) is 23.5 Å². The number of carbonyl (C=O) groups is 2. The Morgan fingerprint density at radius 2 is 1.83 bits per heavy atom. The fourth-order valence-electron chi connectivity index (χ4n) is 3.55. The van der Waals surface area contributed by atoms with Crippen molar-refractivity contribution >= 4 is 23.6 Å². The average molecular weight is 414 g/mol. The van der Waals surface area contributed by atoms with Gasteiger partial charge in [-0.15, -0.1) is 0 Å². The minimum absolute atomic E-state index is 0.0336. The highest BCUT2D eigenvalue weighted by atomic mass is 32.2. The number of nitrogens with zero attached hydrogens (tertiary/aromatic N) is 2. The molecule has 0 bridgehead atoms. The molecule has 6 nitrogen and oxygen atoms in total. The van der Waals surface area contributed by atoms with Gasteiger partial charge < -0.3 is 15.1 Å². The Hall–Kier alpha value is -2.38. The normalized spacial score (nSPS) is 15.7. The quantitative estimate of drug-likeness (QED) is 0.674. The van der Waals surface area contributed by atoms with Gasteiger partial charge in [0.25, 0.3) is 5.91 Å². The maximum Gasteiger partial charge on any atom is 0.251 e. The Bertz CT molecular complexity index is 780. The summed E-state index contributed by atoms with van der Waals surface area (Å²) in [7, 11) is 0. The van der Waals surface area contributed by atoms with Crippen molar-refractivity contribution in [3.63, 3.8) is 0 Å². The Morgan fingerprint density at radius 3 is 2.48 bits per heavy atom. The number of nitrogens with one attached hydrogen (secondary N) is 2.